The number of piperazine rings is 1. The van der Waals surface area contributed by atoms with Gasteiger partial charge >= 0.3 is 0 Å². The third kappa shape index (κ3) is 3.99. The summed E-state index contributed by atoms with van der Waals surface area (Å²) in [7, 11) is 1.61. The highest BCUT2D eigenvalue weighted by Gasteiger charge is 2.33. The summed E-state index contributed by atoms with van der Waals surface area (Å²) in [6, 6.07) is 15.0. The van der Waals surface area contributed by atoms with E-state index in [4.69, 9.17) is 4.74 Å². The number of benzene rings is 2. The molecule has 1 N–H and O–H groups in total. The van der Waals surface area contributed by atoms with Gasteiger partial charge in [-0.2, -0.15) is 0 Å². The molecule has 2 amide bonds. The normalized spacial score (nSPS) is 17.4. The Balaban J connectivity index is 1.78. The molecule has 0 saturated carbocycles. The second kappa shape index (κ2) is 7.38. The van der Waals surface area contributed by atoms with E-state index >= 15 is 0 Å². The Morgan fingerprint density at radius 2 is 1.92 bits per heavy atom. The number of nitrogens with one attached hydrogen (secondary N) is 1. The zero-order valence-electron chi connectivity index (χ0n) is 14.5. The fourth-order valence-corrected chi connectivity index (χ4v) is 3.14. The first kappa shape index (κ1) is 17.0. The zero-order chi connectivity index (χ0) is 17.8. The van der Waals surface area contributed by atoms with Crippen molar-refractivity contribution in [3.63, 3.8) is 0 Å². The summed E-state index contributed by atoms with van der Waals surface area (Å²) in [6.07, 6.45) is 0.417. The molecular formula is C20H22N2O3. The van der Waals surface area contributed by atoms with E-state index in [1.165, 1.54) is 0 Å². The van der Waals surface area contributed by atoms with Gasteiger partial charge in [0.05, 0.1) is 13.7 Å². The van der Waals surface area contributed by atoms with Crippen LogP contribution in [0.1, 0.15) is 16.7 Å². The average Bonchev–Trinajstić information content (AvgIpc) is 2.60. The maximum atomic E-state index is 12.8. The van der Waals surface area contributed by atoms with E-state index in [-0.39, 0.29) is 18.4 Å². The second-order valence-corrected chi connectivity index (χ2v) is 6.32. The molecule has 0 radical (unpaired) electrons. The molecule has 1 aliphatic heterocycles. The quantitative estimate of drug-likeness (QED) is 0.908. The summed E-state index contributed by atoms with van der Waals surface area (Å²) >= 11 is 0. The van der Waals surface area contributed by atoms with Crippen molar-refractivity contribution in [3.05, 3.63) is 65.2 Å². The van der Waals surface area contributed by atoms with Crippen LogP contribution >= 0.6 is 0 Å². The first-order valence-electron chi connectivity index (χ1n) is 8.32. The largest absolute Gasteiger partial charge is 0.496 e. The molecule has 1 aliphatic rings. The van der Waals surface area contributed by atoms with Crippen LogP contribution in [0.3, 0.4) is 0 Å². The van der Waals surface area contributed by atoms with E-state index in [0.717, 1.165) is 22.4 Å². The lowest BCUT2D eigenvalue weighted by molar-refractivity contribution is -0.144. The van der Waals surface area contributed by atoms with Crippen molar-refractivity contribution < 1.29 is 14.3 Å². The Hall–Kier alpha value is -2.82. The summed E-state index contributed by atoms with van der Waals surface area (Å²) < 4.78 is 5.39. The van der Waals surface area contributed by atoms with Crippen molar-refractivity contribution in [2.75, 3.05) is 13.7 Å². The van der Waals surface area contributed by atoms with Gasteiger partial charge in [0.1, 0.15) is 11.8 Å². The first-order chi connectivity index (χ1) is 12.1. The van der Waals surface area contributed by atoms with E-state index in [1.807, 2.05) is 55.5 Å². The van der Waals surface area contributed by atoms with Gasteiger partial charge in [0.25, 0.3) is 0 Å². The number of carbonyl (C=O) groups excluding carboxylic acids is 2. The smallest absolute Gasteiger partial charge is 0.246 e. The van der Waals surface area contributed by atoms with Crippen LogP contribution in [0, 0.1) is 6.92 Å². The number of aryl methyl sites for hydroxylation is 1. The summed E-state index contributed by atoms with van der Waals surface area (Å²) in [5.74, 6) is 0.534. The molecule has 0 aliphatic carbocycles. The van der Waals surface area contributed by atoms with Gasteiger partial charge in [-0.1, -0.05) is 48.0 Å². The number of amides is 2. The number of methoxy groups -OCH3 is 1. The highest BCUT2D eigenvalue weighted by molar-refractivity contribution is 5.95. The molecular weight excluding hydrogens is 316 g/mol. The minimum Gasteiger partial charge on any atom is -0.496 e. The minimum absolute atomic E-state index is 0.0630. The number of hydrogen-bond donors (Lipinski definition) is 1. The summed E-state index contributed by atoms with van der Waals surface area (Å²) in [6.45, 7) is 2.52. The Bertz CT molecular complexity index is 774. The van der Waals surface area contributed by atoms with Gasteiger partial charge in [0.2, 0.25) is 11.8 Å². The molecule has 3 rings (SSSR count). The van der Waals surface area contributed by atoms with Crippen LogP contribution in [0.5, 0.6) is 5.75 Å². The Labute approximate surface area is 147 Å². The highest BCUT2D eigenvalue weighted by Crippen LogP contribution is 2.22. The van der Waals surface area contributed by atoms with Gasteiger partial charge in [-0.15, -0.1) is 0 Å². The van der Waals surface area contributed by atoms with Gasteiger partial charge < -0.3 is 15.0 Å². The molecule has 1 saturated heterocycles. The minimum atomic E-state index is -0.569. The molecule has 1 fully saturated rings. The van der Waals surface area contributed by atoms with Crippen molar-refractivity contribution in [2.24, 2.45) is 0 Å². The fourth-order valence-electron chi connectivity index (χ4n) is 3.14. The van der Waals surface area contributed by atoms with Crippen molar-refractivity contribution in [1.29, 1.82) is 0 Å². The molecule has 25 heavy (non-hydrogen) atoms. The molecule has 5 heteroatoms. The van der Waals surface area contributed by atoms with Gasteiger partial charge in [-0.3, -0.25) is 9.59 Å². The Kier molecular flexibility index (Phi) is 5.03. The predicted molar refractivity (Wildman–Crippen MR) is 95.2 cm³/mol. The molecule has 130 valence electrons. The standard InChI is InChI=1S/C20H22N2O3/c1-14-8-9-18(25-2)16(10-14)11-17-20(24)22(13-19(23)21-17)12-15-6-4-3-5-7-15/h3-10,17H,11-13H2,1-2H3,(H,21,23). The topological polar surface area (TPSA) is 58.6 Å². The van der Waals surface area contributed by atoms with Crippen LogP contribution in [-0.4, -0.2) is 36.4 Å². The van der Waals surface area contributed by atoms with E-state index in [0.29, 0.717) is 13.0 Å². The highest BCUT2D eigenvalue weighted by atomic mass is 16.5. The van der Waals surface area contributed by atoms with E-state index in [9.17, 15) is 9.59 Å². The lowest BCUT2D eigenvalue weighted by Crippen LogP contribution is -2.58. The number of carbonyl (C=O) groups is 2. The average molecular weight is 338 g/mol. The summed E-state index contributed by atoms with van der Waals surface area (Å²) in [5, 5.41) is 2.82. The van der Waals surface area contributed by atoms with Gasteiger partial charge in [0, 0.05) is 13.0 Å². The number of hydrogen-bond acceptors (Lipinski definition) is 3. The number of ether oxygens (including phenoxy) is 1. The third-order valence-electron chi connectivity index (χ3n) is 4.36. The molecule has 2 aromatic rings. The van der Waals surface area contributed by atoms with Crippen LogP contribution < -0.4 is 10.1 Å². The van der Waals surface area contributed by atoms with Crippen LogP contribution in [0.25, 0.3) is 0 Å². The van der Waals surface area contributed by atoms with Gasteiger partial charge in [-0.05, 0) is 24.1 Å². The van der Waals surface area contributed by atoms with Crippen molar-refractivity contribution in [3.8, 4) is 5.75 Å². The molecule has 0 aromatic heterocycles. The second-order valence-electron chi connectivity index (χ2n) is 6.32. The Morgan fingerprint density at radius 3 is 2.64 bits per heavy atom. The molecule has 1 heterocycles. The fraction of sp³-hybridized carbons (Fsp3) is 0.300. The number of rotatable bonds is 5. The predicted octanol–water partition coefficient (Wildman–Crippen LogP) is 2.07. The van der Waals surface area contributed by atoms with Crippen LogP contribution in [-0.2, 0) is 22.6 Å². The zero-order valence-corrected chi connectivity index (χ0v) is 14.5. The Morgan fingerprint density at radius 1 is 1.16 bits per heavy atom. The van der Waals surface area contributed by atoms with Crippen LogP contribution in [0.2, 0.25) is 0 Å². The van der Waals surface area contributed by atoms with E-state index in [2.05, 4.69) is 5.32 Å². The molecule has 5 nitrogen and oxygen atoms in total. The van der Waals surface area contributed by atoms with Gasteiger partial charge in [-0.25, -0.2) is 0 Å². The maximum Gasteiger partial charge on any atom is 0.246 e. The van der Waals surface area contributed by atoms with Crippen molar-refractivity contribution >= 4 is 11.8 Å². The monoisotopic (exact) mass is 338 g/mol. The van der Waals surface area contributed by atoms with E-state index < -0.39 is 6.04 Å². The van der Waals surface area contributed by atoms with Crippen molar-refractivity contribution in [1.82, 2.24) is 10.2 Å². The molecule has 2 aromatic carbocycles. The summed E-state index contributed by atoms with van der Waals surface area (Å²) in [5.41, 5.74) is 3.02. The van der Waals surface area contributed by atoms with Crippen LogP contribution in [0.4, 0.5) is 0 Å². The summed E-state index contributed by atoms with van der Waals surface area (Å²) in [4.78, 5) is 26.5. The number of nitrogens with zero attached hydrogens (tertiary/aromatic N) is 1. The maximum absolute atomic E-state index is 12.8. The molecule has 1 unspecified atom stereocenters. The van der Waals surface area contributed by atoms with Gasteiger partial charge in [0.15, 0.2) is 0 Å². The lowest BCUT2D eigenvalue weighted by Gasteiger charge is -2.33. The van der Waals surface area contributed by atoms with Crippen LogP contribution in [0.15, 0.2) is 48.5 Å². The van der Waals surface area contributed by atoms with E-state index in [1.54, 1.807) is 12.0 Å². The third-order valence-corrected chi connectivity index (χ3v) is 4.36. The van der Waals surface area contributed by atoms with Crippen molar-refractivity contribution in [2.45, 2.75) is 25.9 Å². The lowest BCUT2D eigenvalue weighted by atomic mass is 10.00. The SMILES string of the molecule is COc1ccc(C)cc1CC1NC(=O)CN(Cc2ccccc2)C1=O. The first-order valence-corrected chi connectivity index (χ1v) is 8.32. The molecule has 0 spiro atoms. The molecule has 0 bridgehead atoms. The molecule has 1 atom stereocenters.